The summed E-state index contributed by atoms with van der Waals surface area (Å²) in [7, 11) is 5.98. The first-order valence-corrected chi connectivity index (χ1v) is 35.2. The monoisotopic (exact) mass is 1140 g/mol. The van der Waals surface area contributed by atoms with Crippen LogP contribution in [0, 0.1) is 0 Å². The number of unbranched alkanes of at least 4 members (excludes halogenated alkanes) is 45. The Balaban J connectivity index is 3.97. The third-order valence-electron chi connectivity index (χ3n) is 15.9. The summed E-state index contributed by atoms with van der Waals surface area (Å²) < 4.78 is 23.0. The molecule has 0 saturated carbocycles. The van der Waals surface area contributed by atoms with E-state index < -0.39 is 24.3 Å². The molecule has 1 N–H and O–H groups in total. The maximum absolute atomic E-state index is 12.9. The Hall–Kier alpha value is -2.49. The summed E-state index contributed by atoms with van der Waals surface area (Å²) in [4.78, 5) is 37.5. The van der Waals surface area contributed by atoms with Gasteiger partial charge in [0.25, 0.3) is 6.29 Å². The van der Waals surface area contributed by atoms with E-state index in [-0.39, 0.29) is 32.2 Å². The standard InChI is InChI=1S/C72H135NO8/c1-6-8-10-12-14-16-18-20-22-24-26-27-28-29-30-31-32-33-34-35-36-37-38-39-40-41-42-43-45-46-48-50-52-54-56-58-60-62-69(74)79-66-68(67-80-72(71(76)77)78-65-64-73(3,4)5)81-70(75)63-61-59-57-55-53-51-49-47-44-25-23-21-19-17-15-13-11-9-7-2/h15,17,21,23-24,26,68,72H,6-14,16,18-20,22,25,27-67H2,1-5H3/p+1/b17-15-,23-21-,26-24-. The smallest absolute Gasteiger partial charge is 0.361 e. The van der Waals surface area contributed by atoms with Crippen LogP contribution < -0.4 is 0 Å². The second-order valence-electron chi connectivity index (χ2n) is 25.2. The Labute approximate surface area is 502 Å². The molecule has 9 nitrogen and oxygen atoms in total. The van der Waals surface area contributed by atoms with Crippen LogP contribution in [0.15, 0.2) is 36.5 Å². The molecule has 0 bridgehead atoms. The van der Waals surface area contributed by atoms with Crippen molar-refractivity contribution in [2.45, 2.75) is 360 Å². The number of nitrogens with zero attached hydrogens (tertiary/aromatic N) is 1. The van der Waals surface area contributed by atoms with Gasteiger partial charge in [0.2, 0.25) is 0 Å². The normalized spacial score (nSPS) is 12.9. The minimum absolute atomic E-state index is 0.179. The third-order valence-corrected chi connectivity index (χ3v) is 15.9. The number of likely N-dealkylation sites (N-methyl/N-ethyl adjacent to an activating group) is 1. The molecule has 0 aromatic carbocycles. The van der Waals surface area contributed by atoms with E-state index in [0.717, 1.165) is 51.4 Å². The highest BCUT2D eigenvalue weighted by Gasteiger charge is 2.25. The highest BCUT2D eigenvalue weighted by atomic mass is 16.7. The number of rotatable bonds is 66. The van der Waals surface area contributed by atoms with Crippen molar-refractivity contribution in [1.82, 2.24) is 0 Å². The Morgan fingerprint density at radius 2 is 0.667 bits per heavy atom. The molecule has 0 heterocycles. The van der Waals surface area contributed by atoms with Gasteiger partial charge in [0.15, 0.2) is 6.10 Å². The predicted molar refractivity (Wildman–Crippen MR) is 346 cm³/mol. The lowest BCUT2D eigenvalue weighted by atomic mass is 10.0. The molecule has 0 aliphatic heterocycles. The number of aliphatic carboxylic acids is 1. The van der Waals surface area contributed by atoms with E-state index in [4.69, 9.17) is 18.9 Å². The lowest BCUT2D eigenvalue weighted by Crippen LogP contribution is -2.40. The highest BCUT2D eigenvalue weighted by Crippen LogP contribution is 2.18. The average molecular weight is 1140 g/mol. The van der Waals surface area contributed by atoms with Crippen LogP contribution in [0.5, 0.6) is 0 Å². The van der Waals surface area contributed by atoms with Crippen LogP contribution in [0.3, 0.4) is 0 Å². The minimum Gasteiger partial charge on any atom is -0.477 e. The first-order valence-electron chi connectivity index (χ1n) is 35.2. The molecule has 0 aliphatic carbocycles. The number of ether oxygens (including phenoxy) is 4. The van der Waals surface area contributed by atoms with E-state index in [0.29, 0.717) is 17.4 Å². The Morgan fingerprint density at radius 1 is 0.370 bits per heavy atom. The minimum atomic E-state index is -1.51. The van der Waals surface area contributed by atoms with Crippen molar-refractivity contribution in [3.05, 3.63) is 36.5 Å². The largest absolute Gasteiger partial charge is 0.477 e. The van der Waals surface area contributed by atoms with Crippen LogP contribution in [0.1, 0.15) is 348 Å². The van der Waals surface area contributed by atoms with Gasteiger partial charge in [0.1, 0.15) is 13.2 Å². The average Bonchev–Trinajstić information content (AvgIpc) is 3.44. The van der Waals surface area contributed by atoms with Crippen LogP contribution in [-0.2, 0) is 33.3 Å². The molecule has 0 aromatic heterocycles. The van der Waals surface area contributed by atoms with Gasteiger partial charge in [-0.2, -0.15) is 0 Å². The van der Waals surface area contributed by atoms with E-state index in [2.05, 4.69) is 50.3 Å². The van der Waals surface area contributed by atoms with E-state index >= 15 is 0 Å². The lowest BCUT2D eigenvalue weighted by molar-refractivity contribution is -0.870. The van der Waals surface area contributed by atoms with Crippen molar-refractivity contribution in [3.8, 4) is 0 Å². The molecule has 2 unspecified atom stereocenters. The van der Waals surface area contributed by atoms with Gasteiger partial charge in [0, 0.05) is 12.8 Å². The number of carbonyl (C=O) groups is 3. The molecule has 2 atom stereocenters. The van der Waals surface area contributed by atoms with Crippen LogP contribution in [0.2, 0.25) is 0 Å². The van der Waals surface area contributed by atoms with Crippen LogP contribution >= 0.6 is 0 Å². The molecular formula is C72H136NO8+. The van der Waals surface area contributed by atoms with Crippen molar-refractivity contribution in [2.24, 2.45) is 0 Å². The number of carboxylic acids is 1. The fourth-order valence-corrected chi connectivity index (χ4v) is 10.5. The fourth-order valence-electron chi connectivity index (χ4n) is 10.5. The molecule has 0 fully saturated rings. The second-order valence-corrected chi connectivity index (χ2v) is 25.2. The summed E-state index contributed by atoms with van der Waals surface area (Å²) in [5, 5.41) is 9.73. The van der Waals surface area contributed by atoms with Crippen LogP contribution in [0.4, 0.5) is 0 Å². The third kappa shape index (κ3) is 64.9. The van der Waals surface area contributed by atoms with Crippen LogP contribution in [0.25, 0.3) is 0 Å². The molecule has 9 heteroatoms. The molecule has 0 amide bonds. The molecule has 0 saturated heterocycles. The molecule has 0 radical (unpaired) electrons. The summed E-state index contributed by atoms with van der Waals surface area (Å²) >= 11 is 0. The number of carbonyl (C=O) groups excluding carboxylic acids is 2. The van der Waals surface area contributed by atoms with Gasteiger partial charge in [-0.15, -0.1) is 0 Å². The molecular weight excluding hydrogens is 1010 g/mol. The number of quaternary nitrogens is 1. The van der Waals surface area contributed by atoms with Gasteiger partial charge >= 0.3 is 17.9 Å². The summed E-state index contributed by atoms with van der Waals surface area (Å²) in [5.41, 5.74) is 0. The van der Waals surface area contributed by atoms with Gasteiger partial charge in [-0.25, -0.2) is 4.79 Å². The first kappa shape index (κ1) is 78.5. The lowest BCUT2D eigenvalue weighted by Gasteiger charge is -2.25. The molecule has 81 heavy (non-hydrogen) atoms. The maximum atomic E-state index is 12.9. The van der Waals surface area contributed by atoms with Gasteiger partial charge in [-0.05, 0) is 70.6 Å². The summed E-state index contributed by atoms with van der Waals surface area (Å²) in [6, 6.07) is 0. The zero-order chi connectivity index (χ0) is 59.1. The molecule has 0 aliphatic rings. The van der Waals surface area contributed by atoms with Crippen LogP contribution in [-0.4, -0.2) is 87.4 Å². The molecule has 0 spiro atoms. The van der Waals surface area contributed by atoms with E-state index in [1.165, 1.54) is 270 Å². The number of hydrogen-bond donors (Lipinski definition) is 1. The Kier molecular flexibility index (Phi) is 61.6. The highest BCUT2D eigenvalue weighted by molar-refractivity contribution is 5.71. The van der Waals surface area contributed by atoms with E-state index in [1.807, 2.05) is 21.1 Å². The Bertz CT molecular complexity index is 1420. The topological polar surface area (TPSA) is 108 Å². The summed E-state index contributed by atoms with van der Waals surface area (Å²) in [6.07, 6.45) is 77.0. The van der Waals surface area contributed by atoms with Crippen molar-refractivity contribution in [2.75, 3.05) is 47.5 Å². The number of allylic oxidation sites excluding steroid dienone is 6. The SMILES string of the molecule is CCCCC/C=C\C/C=C\CCCCCCCCCCCC(=O)OC(COC(=O)CCCCCCCCCCCCCCCCCCCCCCCCCCC/C=C\CCCCCCCCCC)COC(OCC[N+](C)(C)C)C(=O)O. The predicted octanol–water partition coefficient (Wildman–Crippen LogP) is 21.6. The zero-order valence-corrected chi connectivity index (χ0v) is 54.5. The Morgan fingerprint density at radius 3 is 1.01 bits per heavy atom. The number of hydrogen-bond acceptors (Lipinski definition) is 7. The van der Waals surface area contributed by atoms with Gasteiger partial charge in [-0.1, -0.05) is 301 Å². The number of esters is 2. The number of carboxylic acid groups (broad SMARTS) is 1. The van der Waals surface area contributed by atoms with Crippen molar-refractivity contribution in [1.29, 1.82) is 0 Å². The zero-order valence-electron chi connectivity index (χ0n) is 54.5. The van der Waals surface area contributed by atoms with Gasteiger partial charge < -0.3 is 28.5 Å². The van der Waals surface area contributed by atoms with E-state index in [9.17, 15) is 19.5 Å². The van der Waals surface area contributed by atoms with E-state index in [1.54, 1.807) is 0 Å². The van der Waals surface area contributed by atoms with Crippen molar-refractivity contribution in [3.63, 3.8) is 0 Å². The fraction of sp³-hybridized carbons (Fsp3) is 0.875. The second kappa shape index (κ2) is 63.5. The molecule has 0 aromatic rings. The molecule has 0 rings (SSSR count). The summed E-state index contributed by atoms with van der Waals surface area (Å²) in [5.74, 6) is -1.99. The first-order chi connectivity index (χ1) is 39.6. The summed E-state index contributed by atoms with van der Waals surface area (Å²) in [6.45, 7) is 4.90. The van der Waals surface area contributed by atoms with Crippen molar-refractivity contribution >= 4 is 17.9 Å². The quantitative estimate of drug-likeness (QED) is 0.0211. The van der Waals surface area contributed by atoms with Crippen molar-refractivity contribution < 1.29 is 42.9 Å². The maximum Gasteiger partial charge on any atom is 0.361 e. The van der Waals surface area contributed by atoms with Gasteiger partial charge in [0.05, 0.1) is 34.4 Å². The van der Waals surface area contributed by atoms with Gasteiger partial charge in [-0.3, -0.25) is 9.59 Å². The molecule has 476 valence electrons.